The van der Waals surface area contributed by atoms with Gasteiger partial charge in [-0.25, -0.2) is 14.3 Å². The summed E-state index contributed by atoms with van der Waals surface area (Å²) in [5, 5.41) is 1.25. The molecule has 3 aromatic rings. The molecule has 2 saturated heterocycles. The summed E-state index contributed by atoms with van der Waals surface area (Å²) in [6.45, 7) is 13.5. The first kappa shape index (κ1) is 28.7. The number of benzene rings is 1. The second-order valence-electron chi connectivity index (χ2n) is 11.6. The molecule has 6 rings (SSSR count). The van der Waals surface area contributed by atoms with E-state index in [2.05, 4.69) is 42.4 Å². The van der Waals surface area contributed by atoms with Crippen LogP contribution in [0.1, 0.15) is 44.7 Å². The molecule has 9 nitrogen and oxygen atoms in total. The number of anilines is 2. The smallest absolute Gasteiger partial charge is 0.355 e. The number of carbonyl (C=O) groups excluding carboxylic acids is 1. The molecule has 1 aliphatic carbocycles. The van der Waals surface area contributed by atoms with Crippen LogP contribution in [0.4, 0.5) is 11.6 Å². The molecule has 2 aliphatic heterocycles. The third kappa shape index (κ3) is 5.17. The van der Waals surface area contributed by atoms with Gasteiger partial charge in [0.2, 0.25) is 5.91 Å². The number of pyridine rings is 1. The van der Waals surface area contributed by atoms with E-state index in [-0.39, 0.29) is 23.7 Å². The van der Waals surface area contributed by atoms with Crippen LogP contribution in [-0.4, -0.2) is 76.8 Å². The van der Waals surface area contributed by atoms with Crippen LogP contribution in [-0.2, 0) is 22.4 Å². The summed E-state index contributed by atoms with van der Waals surface area (Å²) < 4.78 is 7.77. The van der Waals surface area contributed by atoms with Crippen molar-refractivity contribution in [3.8, 4) is 5.69 Å². The fourth-order valence-corrected chi connectivity index (χ4v) is 6.73. The van der Waals surface area contributed by atoms with Gasteiger partial charge in [-0.3, -0.25) is 4.79 Å². The minimum absolute atomic E-state index is 0.0697. The zero-order valence-corrected chi connectivity index (χ0v) is 25.4. The van der Waals surface area contributed by atoms with Gasteiger partial charge in [0.15, 0.2) is 5.65 Å². The molecule has 10 heteroatoms. The first-order valence-electron chi connectivity index (χ1n) is 15.1. The monoisotopic (exact) mass is 590 g/mol. The van der Waals surface area contributed by atoms with E-state index < -0.39 is 0 Å². The number of nitrogens with zero attached hydrogens (tertiary/aromatic N) is 6. The van der Waals surface area contributed by atoms with Crippen LogP contribution in [0.3, 0.4) is 0 Å². The van der Waals surface area contributed by atoms with Gasteiger partial charge in [-0.2, -0.15) is 4.98 Å². The Morgan fingerprint density at radius 2 is 1.83 bits per heavy atom. The number of fused-ring (bicyclic) bond motifs is 1. The predicted molar refractivity (Wildman–Crippen MR) is 167 cm³/mol. The molecule has 1 aromatic carbocycles. The Kier molecular flexibility index (Phi) is 7.98. The SMILES string of the molecule is C=CC(=O)N1CCN(c2nc(=O)n(-c3c(CC)cccc3CC)c3nc(N4CCOC(C5CC5)C4)c(Cl)cc23)[C@@H](C)C1. The molecule has 1 unspecified atom stereocenters. The van der Waals surface area contributed by atoms with E-state index in [1.54, 1.807) is 9.47 Å². The van der Waals surface area contributed by atoms with Crippen LogP contribution in [0.15, 0.2) is 41.7 Å². The van der Waals surface area contributed by atoms with Crippen molar-refractivity contribution < 1.29 is 9.53 Å². The lowest BCUT2D eigenvalue weighted by molar-refractivity contribution is -0.126. The van der Waals surface area contributed by atoms with Gasteiger partial charge in [0.05, 0.1) is 28.8 Å². The Morgan fingerprint density at radius 3 is 2.48 bits per heavy atom. The maximum atomic E-state index is 14.1. The molecule has 2 aromatic heterocycles. The lowest BCUT2D eigenvalue weighted by Gasteiger charge is -2.40. The highest BCUT2D eigenvalue weighted by Gasteiger charge is 2.36. The van der Waals surface area contributed by atoms with Gasteiger partial charge in [0, 0.05) is 38.8 Å². The summed E-state index contributed by atoms with van der Waals surface area (Å²) in [4.78, 5) is 42.4. The molecule has 222 valence electrons. The number of para-hydroxylation sites is 1. The highest BCUT2D eigenvalue weighted by Crippen LogP contribution is 2.39. The molecule has 3 aliphatic rings. The number of piperazine rings is 1. The van der Waals surface area contributed by atoms with E-state index in [4.69, 9.17) is 26.3 Å². The molecule has 2 atom stereocenters. The van der Waals surface area contributed by atoms with Gasteiger partial charge < -0.3 is 19.4 Å². The first-order valence-corrected chi connectivity index (χ1v) is 15.5. The topological polar surface area (TPSA) is 83.8 Å². The normalized spacial score (nSPS) is 21.2. The summed E-state index contributed by atoms with van der Waals surface area (Å²) in [6, 6.07) is 8.03. The molecular formula is C32H39ClN6O3. The van der Waals surface area contributed by atoms with Gasteiger partial charge in [-0.15, -0.1) is 0 Å². The minimum Gasteiger partial charge on any atom is -0.374 e. The fourth-order valence-electron chi connectivity index (χ4n) is 6.46. The number of aromatic nitrogens is 3. The zero-order chi connectivity index (χ0) is 29.5. The van der Waals surface area contributed by atoms with Crippen molar-refractivity contribution in [2.45, 2.75) is 58.6 Å². The summed E-state index contributed by atoms with van der Waals surface area (Å²) >= 11 is 7.02. The van der Waals surface area contributed by atoms with E-state index in [1.807, 2.05) is 19.1 Å². The Balaban J connectivity index is 1.54. The maximum Gasteiger partial charge on any atom is 0.355 e. The standard InChI is InChI=1S/C32H39ClN6O3/c1-5-21-9-8-10-22(6-2)28(21)39-30-24(17-25(33)31(34-30)37-15-16-42-26(19-37)23-11-12-23)29(35-32(39)41)38-14-13-36(18-20(38)4)27(40)7-3/h7-10,17,20,23,26H,3,5-6,11-16,18-19H2,1-2,4H3/t20-,26?/m0/s1. The summed E-state index contributed by atoms with van der Waals surface area (Å²) in [5.74, 6) is 1.72. The lowest BCUT2D eigenvalue weighted by atomic mass is 10.0. The van der Waals surface area contributed by atoms with E-state index >= 15 is 0 Å². The highest BCUT2D eigenvalue weighted by atomic mass is 35.5. The Hall–Kier alpha value is -3.43. The summed E-state index contributed by atoms with van der Waals surface area (Å²) in [5.41, 5.74) is 3.16. The van der Waals surface area contributed by atoms with Gasteiger partial charge in [-0.05, 0) is 61.8 Å². The van der Waals surface area contributed by atoms with Gasteiger partial charge in [-0.1, -0.05) is 50.2 Å². The quantitative estimate of drug-likeness (QED) is 0.377. The molecule has 0 radical (unpaired) electrons. The van der Waals surface area contributed by atoms with Crippen molar-refractivity contribution in [1.29, 1.82) is 0 Å². The van der Waals surface area contributed by atoms with E-state index in [0.717, 1.165) is 41.6 Å². The van der Waals surface area contributed by atoms with Crippen LogP contribution < -0.4 is 15.5 Å². The van der Waals surface area contributed by atoms with E-state index in [1.165, 1.54) is 18.9 Å². The third-order valence-electron chi connectivity index (χ3n) is 8.90. The average Bonchev–Trinajstić information content (AvgIpc) is 3.86. The second kappa shape index (κ2) is 11.7. The number of hydrogen-bond acceptors (Lipinski definition) is 7. The molecule has 1 saturated carbocycles. The van der Waals surface area contributed by atoms with E-state index in [9.17, 15) is 9.59 Å². The molecule has 1 amide bonds. The largest absolute Gasteiger partial charge is 0.374 e. The Labute approximate surface area is 251 Å². The Morgan fingerprint density at radius 1 is 1.10 bits per heavy atom. The molecule has 0 spiro atoms. The van der Waals surface area contributed by atoms with Crippen molar-refractivity contribution in [3.63, 3.8) is 0 Å². The number of amides is 1. The minimum atomic E-state index is -0.372. The summed E-state index contributed by atoms with van der Waals surface area (Å²) in [7, 11) is 0. The molecule has 3 fully saturated rings. The van der Waals surface area contributed by atoms with Crippen LogP contribution in [0, 0.1) is 5.92 Å². The number of ether oxygens (including phenoxy) is 1. The number of morpholine rings is 1. The fraction of sp³-hybridized carbons (Fsp3) is 0.500. The number of hydrogen-bond donors (Lipinski definition) is 0. The van der Waals surface area contributed by atoms with Crippen molar-refractivity contribution in [2.24, 2.45) is 5.92 Å². The third-order valence-corrected chi connectivity index (χ3v) is 9.18. The Bertz CT molecular complexity index is 1560. The van der Waals surface area contributed by atoms with Crippen molar-refractivity contribution in [1.82, 2.24) is 19.4 Å². The number of carbonyl (C=O) groups is 1. The number of halogens is 1. The number of rotatable bonds is 7. The van der Waals surface area contributed by atoms with Gasteiger partial charge in [0.1, 0.15) is 11.6 Å². The van der Waals surface area contributed by atoms with Crippen molar-refractivity contribution >= 4 is 40.2 Å². The molecule has 4 heterocycles. The van der Waals surface area contributed by atoms with E-state index in [0.29, 0.717) is 61.0 Å². The first-order chi connectivity index (χ1) is 20.3. The predicted octanol–water partition coefficient (Wildman–Crippen LogP) is 4.40. The van der Waals surface area contributed by atoms with Crippen LogP contribution in [0.25, 0.3) is 16.7 Å². The van der Waals surface area contributed by atoms with Gasteiger partial charge in [0.25, 0.3) is 0 Å². The number of aryl methyl sites for hydroxylation is 2. The highest BCUT2D eigenvalue weighted by molar-refractivity contribution is 6.33. The van der Waals surface area contributed by atoms with Crippen molar-refractivity contribution in [2.75, 3.05) is 49.1 Å². The van der Waals surface area contributed by atoms with Crippen molar-refractivity contribution in [3.05, 3.63) is 63.6 Å². The summed E-state index contributed by atoms with van der Waals surface area (Å²) in [6.07, 6.45) is 5.44. The molecular weight excluding hydrogens is 552 g/mol. The maximum absolute atomic E-state index is 14.1. The van der Waals surface area contributed by atoms with Crippen LogP contribution >= 0.6 is 11.6 Å². The second-order valence-corrected chi connectivity index (χ2v) is 12.0. The van der Waals surface area contributed by atoms with Crippen LogP contribution in [0.2, 0.25) is 5.02 Å². The molecule has 42 heavy (non-hydrogen) atoms. The lowest BCUT2D eigenvalue weighted by Crippen LogP contribution is -2.54. The van der Waals surface area contributed by atoms with Crippen LogP contribution in [0.5, 0.6) is 0 Å². The zero-order valence-electron chi connectivity index (χ0n) is 24.7. The molecule has 0 N–H and O–H groups in total. The van der Waals surface area contributed by atoms with Gasteiger partial charge >= 0.3 is 5.69 Å². The molecule has 0 bridgehead atoms. The average molecular weight is 591 g/mol.